The number of ether oxygens (including phenoxy) is 1. The average molecular weight is 308 g/mol. The molecule has 17 heavy (non-hydrogen) atoms. The van der Waals surface area contributed by atoms with E-state index in [1.54, 1.807) is 0 Å². The summed E-state index contributed by atoms with van der Waals surface area (Å²) in [4.78, 5) is 9.09. The summed E-state index contributed by atoms with van der Waals surface area (Å²) < 4.78 is 33.0. The van der Waals surface area contributed by atoms with E-state index >= 15 is 0 Å². The van der Waals surface area contributed by atoms with Crippen LogP contribution in [0.1, 0.15) is 21.3 Å². The quantitative estimate of drug-likeness (QED) is 0.261. The fourth-order valence-corrected chi connectivity index (χ4v) is 0.980. The Kier molecular flexibility index (Phi) is 20.1. The Morgan fingerprint density at radius 1 is 1.35 bits per heavy atom. The lowest BCUT2D eigenvalue weighted by atomic mass is 10.5. The molecule has 106 valence electrons. The molecule has 0 saturated carbocycles. The first-order chi connectivity index (χ1) is 6.65. The van der Waals surface area contributed by atoms with Gasteiger partial charge in [-0.25, -0.2) is 0 Å². The third kappa shape index (κ3) is 50.4. The fourth-order valence-electron chi connectivity index (χ4n) is 0.414. The number of rotatable bonds is 4. The Labute approximate surface area is 113 Å². The molecule has 0 aliphatic rings. The number of hydrogen-bond acceptors (Lipinski definition) is 5. The zero-order valence-corrected chi connectivity index (χ0v) is 10.1. The van der Waals surface area contributed by atoms with Gasteiger partial charge >= 0.3 is 0 Å². The van der Waals surface area contributed by atoms with Crippen molar-refractivity contribution in [3.05, 3.63) is 0 Å². The number of thiol groups is 1. The van der Waals surface area contributed by atoms with Gasteiger partial charge in [-0.1, -0.05) is 27.5 Å². The van der Waals surface area contributed by atoms with Gasteiger partial charge in [0.05, 0.1) is 12.4 Å². The van der Waals surface area contributed by atoms with E-state index in [2.05, 4.69) is 35.3 Å². The molecule has 0 saturated heterocycles. The number of nitrogens with two attached hydrogens (primary N) is 2. The van der Waals surface area contributed by atoms with E-state index in [0.29, 0.717) is 0 Å². The monoisotopic (exact) mass is 308 g/mol. The molecular formula is C7H20N2O5S3. The minimum atomic E-state index is -3.89. The van der Waals surface area contributed by atoms with Gasteiger partial charge in [0, 0.05) is 0 Å². The van der Waals surface area contributed by atoms with Gasteiger partial charge < -0.3 is 16.2 Å². The predicted molar refractivity (Wildman–Crippen MR) is 75.8 cm³/mol. The summed E-state index contributed by atoms with van der Waals surface area (Å²) in [6.07, 6.45) is 0.177. The molecule has 0 aromatic heterocycles. The highest BCUT2D eigenvalue weighted by Crippen LogP contribution is 1.89. The van der Waals surface area contributed by atoms with E-state index in [-0.39, 0.29) is 38.8 Å². The SMILES string of the molecule is C.C.NC(=O)S.NC(=S)OCCCS(=O)(=O)O. The van der Waals surface area contributed by atoms with E-state index in [1.165, 1.54) is 0 Å². The highest BCUT2D eigenvalue weighted by molar-refractivity contribution is 7.96. The van der Waals surface area contributed by atoms with Crippen LogP contribution in [0.3, 0.4) is 0 Å². The number of carbonyl (C=O) groups is 1. The number of primary amides is 1. The molecule has 0 aliphatic heterocycles. The molecule has 7 nitrogen and oxygen atoms in total. The number of hydrogen-bond donors (Lipinski definition) is 4. The van der Waals surface area contributed by atoms with E-state index in [0.717, 1.165) is 0 Å². The Bertz CT molecular complexity index is 301. The van der Waals surface area contributed by atoms with Crippen molar-refractivity contribution < 1.29 is 22.5 Å². The van der Waals surface area contributed by atoms with Gasteiger partial charge in [0.2, 0.25) is 0 Å². The number of amides is 1. The molecule has 0 bridgehead atoms. The summed E-state index contributed by atoms with van der Waals surface area (Å²) in [5.74, 6) is -0.338. The third-order valence-corrected chi connectivity index (χ3v) is 1.71. The summed E-state index contributed by atoms with van der Waals surface area (Å²) >= 11 is 7.45. The lowest BCUT2D eigenvalue weighted by Gasteiger charge is -2.00. The number of carbonyl (C=O) groups excluding carboxylic acids is 1. The fraction of sp³-hybridized carbons (Fsp3) is 0.714. The summed E-state index contributed by atoms with van der Waals surface area (Å²) in [5.41, 5.74) is 9.28. The van der Waals surface area contributed by atoms with Crippen molar-refractivity contribution in [1.82, 2.24) is 0 Å². The maximum absolute atomic E-state index is 10.1. The van der Waals surface area contributed by atoms with Crippen molar-refractivity contribution in [2.24, 2.45) is 11.5 Å². The zero-order valence-electron chi connectivity index (χ0n) is 7.62. The summed E-state index contributed by atoms with van der Waals surface area (Å²) in [6, 6.07) is 0. The standard InChI is InChI=1S/C4H9NO4S2.CH3NOS.2CH4/c5-4(10)9-2-1-3-11(6,7)8;2-1(3)4;;/h1-3H2,(H2,5,10)(H,6,7,8);(H3,2,3,4);2*1H4. The molecule has 0 rings (SSSR count). The molecule has 0 radical (unpaired) electrons. The summed E-state index contributed by atoms with van der Waals surface area (Å²) in [5, 5.41) is -0.764. The maximum atomic E-state index is 10.1. The Balaban J connectivity index is -0.000000123. The second kappa shape index (κ2) is 13.5. The van der Waals surface area contributed by atoms with Crippen LogP contribution in [-0.4, -0.2) is 35.7 Å². The molecule has 0 spiro atoms. The molecule has 10 heteroatoms. The highest BCUT2D eigenvalue weighted by Gasteiger charge is 2.03. The van der Waals surface area contributed by atoms with Crippen molar-refractivity contribution in [3.63, 3.8) is 0 Å². The minimum Gasteiger partial charge on any atom is -0.471 e. The molecule has 0 unspecified atom stereocenters. The second-order valence-electron chi connectivity index (χ2n) is 2.15. The summed E-state index contributed by atoms with van der Waals surface area (Å²) in [6.45, 7) is 0.106. The molecular weight excluding hydrogens is 288 g/mol. The van der Waals surface area contributed by atoms with Gasteiger partial charge in [0.25, 0.3) is 20.5 Å². The molecule has 0 heterocycles. The molecule has 0 fully saturated rings. The lowest BCUT2D eigenvalue weighted by molar-refractivity contribution is 0.267. The van der Waals surface area contributed by atoms with E-state index in [4.69, 9.17) is 15.1 Å². The molecule has 0 aromatic carbocycles. The average Bonchev–Trinajstić information content (AvgIpc) is 1.95. The van der Waals surface area contributed by atoms with Crippen LogP contribution < -0.4 is 11.5 Å². The molecule has 0 aliphatic carbocycles. The minimum absolute atomic E-state index is 0. The predicted octanol–water partition coefficient (Wildman–Crippen LogP) is 0.792. The van der Waals surface area contributed by atoms with Gasteiger partial charge in [-0.3, -0.25) is 9.35 Å². The van der Waals surface area contributed by atoms with Gasteiger partial charge in [-0.15, -0.1) is 0 Å². The van der Waals surface area contributed by atoms with Gasteiger partial charge in [0.15, 0.2) is 0 Å². The lowest BCUT2D eigenvalue weighted by Crippen LogP contribution is -2.15. The van der Waals surface area contributed by atoms with Crippen LogP contribution in [0.25, 0.3) is 0 Å². The van der Waals surface area contributed by atoms with E-state index < -0.39 is 15.4 Å². The third-order valence-electron chi connectivity index (χ3n) is 0.791. The van der Waals surface area contributed by atoms with Crippen LogP contribution in [0.4, 0.5) is 4.79 Å². The highest BCUT2D eigenvalue weighted by atomic mass is 32.2. The van der Waals surface area contributed by atoms with Crippen molar-refractivity contribution in [2.75, 3.05) is 12.4 Å². The largest absolute Gasteiger partial charge is 0.471 e. The van der Waals surface area contributed by atoms with Gasteiger partial charge in [-0.2, -0.15) is 8.42 Å². The first kappa shape index (κ1) is 25.3. The molecule has 5 N–H and O–H groups in total. The van der Waals surface area contributed by atoms with Crippen LogP contribution in [0, 0.1) is 0 Å². The molecule has 0 aromatic rings. The molecule has 1 amide bonds. The van der Waals surface area contributed by atoms with Crippen LogP contribution in [0.2, 0.25) is 0 Å². The maximum Gasteiger partial charge on any atom is 0.273 e. The van der Waals surface area contributed by atoms with Crippen molar-refractivity contribution in [2.45, 2.75) is 21.3 Å². The van der Waals surface area contributed by atoms with Gasteiger partial charge in [-0.05, 0) is 18.6 Å². The zero-order chi connectivity index (χ0) is 12.5. The van der Waals surface area contributed by atoms with Crippen LogP contribution in [0.5, 0.6) is 0 Å². The van der Waals surface area contributed by atoms with E-state index in [1.807, 2.05) is 0 Å². The normalized spacial score (nSPS) is 8.59. The smallest absolute Gasteiger partial charge is 0.273 e. The molecule has 0 atom stereocenters. The van der Waals surface area contributed by atoms with Crippen LogP contribution in [-0.2, 0) is 14.9 Å². The van der Waals surface area contributed by atoms with Crippen molar-refractivity contribution in [1.29, 1.82) is 0 Å². The van der Waals surface area contributed by atoms with Crippen molar-refractivity contribution in [3.8, 4) is 0 Å². The van der Waals surface area contributed by atoms with Crippen molar-refractivity contribution >= 4 is 45.4 Å². The number of thiocarbonyl (C=S) groups is 1. The Hall–Kier alpha value is -0.580. The first-order valence-electron chi connectivity index (χ1n) is 3.51. The second-order valence-corrected chi connectivity index (χ2v) is 4.56. The van der Waals surface area contributed by atoms with E-state index in [9.17, 15) is 8.42 Å². The first-order valence-corrected chi connectivity index (χ1v) is 5.97. The van der Waals surface area contributed by atoms with Crippen LogP contribution >= 0.6 is 24.8 Å². The van der Waals surface area contributed by atoms with Gasteiger partial charge in [0.1, 0.15) is 0 Å². The summed E-state index contributed by atoms with van der Waals surface area (Å²) in [7, 11) is -3.89. The Morgan fingerprint density at radius 3 is 1.94 bits per heavy atom. The van der Waals surface area contributed by atoms with Crippen LogP contribution in [0.15, 0.2) is 0 Å². The topological polar surface area (TPSA) is 133 Å². The Morgan fingerprint density at radius 2 is 1.71 bits per heavy atom.